The number of hydrogen-bond acceptors (Lipinski definition) is 8. The van der Waals surface area contributed by atoms with Gasteiger partial charge in [0.1, 0.15) is 27.5 Å². The highest BCUT2D eigenvalue weighted by molar-refractivity contribution is 8.00. The maximum Gasteiger partial charge on any atom is 0.191 e. The van der Waals surface area contributed by atoms with E-state index in [0.29, 0.717) is 35.3 Å². The zero-order chi connectivity index (χ0) is 19.4. The molecule has 1 heterocycles. The van der Waals surface area contributed by atoms with Gasteiger partial charge < -0.3 is 28.2 Å². The van der Waals surface area contributed by atoms with Crippen molar-refractivity contribution < 1.29 is 23.5 Å². The normalized spacial score (nSPS) is 10.9. The minimum absolute atomic E-state index is 0.467. The van der Waals surface area contributed by atoms with E-state index in [-0.39, 0.29) is 0 Å². The molecule has 27 heavy (non-hydrogen) atoms. The van der Waals surface area contributed by atoms with Gasteiger partial charge in [-0.25, -0.2) is 0 Å². The van der Waals surface area contributed by atoms with Crippen molar-refractivity contribution in [3.8, 4) is 17.2 Å². The lowest BCUT2D eigenvalue weighted by Crippen LogP contribution is -1.97. The number of rotatable bonds is 8. The van der Waals surface area contributed by atoms with Gasteiger partial charge in [0.25, 0.3) is 0 Å². The van der Waals surface area contributed by atoms with Crippen molar-refractivity contribution in [1.82, 2.24) is 5.16 Å². The van der Waals surface area contributed by atoms with Crippen molar-refractivity contribution in [3.63, 3.8) is 0 Å². The summed E-state index contributed by atoms with van der Waals surface area (Å²) in [6.07, 6.45) is 0. The highest BCUT2D eigenvalue weighted by Crippen LogP contribution is 2.41. The Kier molecular flexibility index (Phi) is 5.98. The summed E-state index contributed by atoms with van der Waals surface area (Å²) >= 11 is 1.33. The molecule has 8 heteroatoms. The van der Waals surface area contributed by atoms with Crippen molar-refractivity contribution in [2.75, 3.05) is 33.2 Å². The molecule has 0 fully saturated rings. The predicted octanol–water partition coefficient (Wildman–Crippen LogP) is 4.43. The third kappa shape index (κ3) is 3.63. The Balaban J connectivity index is 1.99. The van der Waals surface area contributed by atoms with Crippen LogP contribution in [0.2, 0.25) is 0 Å². The van der Waals surface area contributed by atoms with Crippen molar-refractivity contribution in [2.45, 2.75) is 18.4 Å². The van der Waals surface area contributed by atoms with E-state index in [0.717, 1.165) is 21.4 Å². The van der Waals surface area contributed by atoms with Gasteiger partial charge in [0, 0.05) is 12.7 Å². The standard InChI is InChI=1S/C19H22N2O5S/c1-11-12(10-22-2)9-15(25-5)16-17(11)26-20-19(16)21-27-18-13(23-3)7-6-8-14(18)24-4/h6-9H,10H2,1-5H3,(H,20,21). The largest absolute Gasteiger partial charge is 0.496 e. The Morgan fingerprint density at radius 2 is 1.70 bits per heavy atom. The fraction of sp³-hybridized carbons (Fsp3) is 0.316. The van der Waals surface area contributed by atoms with Crippen LogP contribution in [0.15, 0.2) is 33.7 Å². The van der Waals surface area contributed by atoms with Crippen LogP contribution < -0.4 is 18.9 Å². The first kappa shape index (κ1) is 19.2. The van der Waals surface area contributed by atoms with Crippen molar-refractivity contribution in [2.24, 2.45) is 0 Å². The molecule has 0 spiro atoms. The summed E-state index contributed by atoms with van der Waals surface area (Å²) in [6.45, 7) is 2.44. The smallest absolute Gasteiger partial charge is 0.191 e. The van der Waals surface area contributed by atoms with Crippen LogP contribution in [0.4, 0.5) is 5.82 Å². The highest BCUT2D eigenvalue weighted by atomic mass is 32.2. The van der Waals surface area contributed by atoms with Crippen LogP contribution in [0, 0.1) is 6.92 Å². The molecular formula is C19H22N2O5S. The molecule has 0 atom stereocenters. The lowest BCUT2D eigenvalue weighted by molar-refractivity contribution is 0.184. The first-order valence-corrected chi connectivity index (χ1v) is 9.04. The van der Waals surface area contributed by atoms with Crippen LogP contribution in [0.5, 0.6) is 17.2 Å². The van der Waals surface area contributed by atoms with Gasteiger partial charge in [0.05, 0.1) is 27.9 Å². The fourth-order valence-electron chi connectivity index (χ4n) is 2.81. The molecule has 0 aliphatic rings. The highest BCUT2D eigenvalue weighted by Gasteiger charge is 2.20. The van der Waals surface area contributed by atoms with Gasteiger partial charge >= 0.3 is 0 Å². The average Bonchev–Trinajstić information content (AvgIpc) is 3.12. The molecule has 1 aromatic heterocycles. The Bertz CT molecular complexity index is 919. The Morgan fingerprint density at radius 1 is 1.04 bits per heavy atom. The monoisotopic (exact) mass is 390 g/mol. The van der Waals surface area contributed by atoms with E-state index in [1.165, 1.54) is 11.9 Å². The molecule has 0 aliphatic heterocycles. The molecule has 0 amide bonds. The number of aryl methyl sites for hydroxylation is 1. The van der Waals surface area contributed by atoms with Gasteiger partial charge in [-0.15, -0.1) is 0 Å². The zero-order valence-electron chi connectivity index (χ0n) is 15.9. The number of hydrogen-bond donors (Lipinski definition) is 1. The third-order valence-electron chi connectivity index (χ3n) is 4.22. The van der Waals surface area contributed by atoms with Gasteiger partial charge in [0.15, 0.2) is 11.4 Å². The van der Waals surface area contributed by atoms with Gasteiger partial charge in [-0.05, 0) is 42.6 Å². The molecule has 1 N–H and O–H groups in total. The maximum atomic E-state index is 5.59. The number of aromatic nitrogens is 1. The van der Waals surface area contributed by atoms with Gasteiger partial charge in [-0.3, -0.25) is 0 Å². The van der Waals surface area contributed by atoms with Crippen molar-refractivity contribution in [3.05, 3.63) is 35.4 Å². The second-order valence-electron chi connectivity index (χ2n) is 5.73. The summed E-state index contributed by atoms with van der Waals surface area (Å²) in [7, 11) is 6.51. The van der Waals surface area contributed by atoms with E-state index in [1.807, 2.05) is 31.2 Å². The molecule has 3 rings (SSSR count). The minimum Gasteiger partial charge on any atom is -0.496 e. The lowest BCUT2D eigenvalue weighted by atomic mass is 10.1. The van der Waals surface area contributed by atoms with E-state index in [2.05, 4.69) is 9.88 Å². The number of methoxy groups -OCH3 is 4. The first-order chi connectivity index (χ1) is 13.1. The summed E-state index contributed by atoms with van der Waals surface area (Å²) in [4.78, 5) is 0.811. The second-order valence-corrected chi connectivity index (χ2v) is 6.54. The summed E-state index contributed by atoms with van der Waals surface area (Å²) < 4.78 is 30.5. The van der Waals surface area contributed by atoms with Crippen LogP contribution in [0.25, 0.3) is 11.0 Å². The first-order valence-electron chi connectivity index (χ1n) is 8.23. The molecular weight excluding hydrogens is 368 g/mol. The van der Waals surface area contributed by atoms with Crippen LogP contribution in [0.1, 0.15) is 11.1 Å². The summed E-state index contributed by atoms with van der Waals surface area (Å²) in [5.41, 5.74) is 2.62. The molecule has 0 saturated heterocycles. The molecule has 0 radical (unpaired) electrons. The number of anilines is 1. The molecule has 0 bridgehead atoms. The molecule has 144 valence electrons. The summed E-state index contributed by atoms with van der Waals surface area (Å²) in [6, 6.07) is 7.55. The zero-order valence-corrected chi connectivity index (χ0v) is 16.7. The van der Waals surface area contributed by atoms with Crippen LogP contribution in [-0.4, -0.2) is 33.6 Å². The molecule has 7 nitrogen and oxygen atoms in total. The molecule has 0 saturated carbocycles. The average molecular weight is 390 g/mol. The Hall–Kier alpha value is -2.58. The van der Waals surface area contributed by atoms with Gasteiger partial charge in [-0.1, -0.05) is 11.2 Å². The SMILES string of the molecule is COCc1cc(OC)c2c(NSc3c(OC)cccc3OC)noc2c1C. The Labute approximate surface area is 162 Å². The predicted molar refractivity (Wildman–Crippen MR) is 105 cm³/mol. The molecule has 0 aliphatic carbocycles. The van der Waals surface area contributed by atoms with E-state index < -0.39 is 0 Å². The quantitative estimate of drug-likeness (QED) is 0.566. The molecule has 2 aromatic carbocycles. The number of ether oxygens (including phenoxy) is 4. The topological polar surface area (TPSA) is 75.0 Å². The van der Waals surface area contributed by atoms with Gasteiger partial charge in [-0.2, -0.15) is 0 Å². The molecule has 3 aromatic rings. The van der Waals surface area contributed by atoms with E-state index in [9.17, 15) is 0 Å². The second kappa shape index (κ2) is 8.41. The van der Waals surface area contributed by atoms with E-state index >= 15 is 0 Å². The van der Waals surface area contributed by atoms with E-state index in [1.54, 1.807) is 28.4 Å². The minimum atomic E-state index is 0.467. The summed E-state index contributed by atoms with van der Waals surface area (Å²) in [5.74, 6) is 2.63. The fourth-order valence-corrected chi connectivity index (χ4v) is 3.65. The van der Waals surface area contributed by atoms with Gasteiger partial charge in [0.2, 0.25) is 0 Å². The Morgan fingerprint density at radius 3 is 2.30 bits per heavy atom. The number of fused-ring (bicyclic) bond motifs is 1. The lowest BCUT2D eigenvalue weighted by Gasteiger charge is -2.13. The number of nitrogens with one attached hydrogen (secondary N) is 1. The number of nitrogens with zero attached hydrogens (tertiary/aromatic N) is 1. The maximum absolute atomic E-state index is 5.59. The van der Waals surface area contributed by atoms with Crippen LogP contribution >= 0.6 is 11.9 Å². The number of benzene rings is 2. The third-order valence-corrected chi connectivity index (χ3v) is 5.12. The van der Waals surface area contributed by atoms with E-state index in [4.69, 9.17) is 23.5 Å². The van der Waals surface area contributed by atoms with Crippen molar-refractivity contribution >= 4 is 28.7 Å². The van der Waals surface area contributed by atoms with Crippen LogP contribution in [-0.2, 0) is 11.3 Å². The van der Waals surface area contributed by atoms with Crippen LogP contribution in [0.3, 0.4) is 0 Å². The molecule has 0 unspecified atom stereocenters. The summed E-state index contributed by atoms with van der Waals surface area (Å²) in [5, 5.41) is 4.96. The van der Waals surface area contributed by atoms with Crippen molar-refractivity contribution in [1.29, 1.82) is 0 Å².